The topological polar surface area (TPSA) is 63.1 Å². The Kier molecular flexibility index (Phi) is 6.29. The van der Waals surface area contributed by atoms with Gasteiger partial charge in [-0.1, -0.05) is 29.8 Å². The first-order chi connectivity index (χ1) is 11.1. The Bertz CT molecular complexity index is 635. The first kappa shape index (κ1) is 17.1. The summed E-state index contributed by atoms with van der Waals surface area (Å²) in [6, 6.07) is 7.68. The summed E-state index contributed by atoms with van der Waals surface area (Å²) in [7, 11) is 5.96. The van der Waals surface area contributed by atoms with Crippen LogP contribution in [0.25, 0.3) is 11.3 Å². The summed E-state index contributed by atoms with van der Waals surface area (Å²) in [5.74, 6) is 0.0474. The summed E-state index contributed by atoms with van der Waals surface area (Å²) in [5.41, 5.74) is 2.43. The van der Waals surface area contributed by atoms with Crippen molar-refractivity contribution in [2.75, 3.05) is 26.0 Å². The zero-order valence-electron chi connectivity index (χ0n) is 14.1. The van der Waals surface area contributed by atoms with Crippen molar-refractivity contribution >= 4 is 11.6 Å². The number of hydrogen-bond donors (Lipinski definition) is 1. The maximum absolute atomic E-state index is 12.1. The molecule has 0 fully saturated rings. The minimum absolute atomic E-state index is 0.0474. The number of benzene rings is 1. The average Bonchev–Trinajstić information content (AvgIpc) is 2.93. The van der Waals surface area contributed by atoms with Crippen molar-refractivity contribution in [3.63, 3.8) is 0 Å². The summed E-state index contributed by atoms with van der Waals surface area (Å²) < 4.78 is 1.65. The van der Waals surface area contributed by atoms with Crippen LogP contribution in [0.15, 0.2) is 30.5 Å². The molecular weight excluding hydrogens is 290 g/mol. The van der Waals surface area contributed by atoms with Gasteiger partial charge < -0.3 is 10.2 Å². The second-order valence-electron chi connectivity index (χ2n) is 5.99. The standard InChI is InChI=1S/C17H25N5O/c1-21(2)12-8-4-5-11-17(23)18-15-10-7-6-9-14(15)16-13-22(3)20-19-16/h6-7,9-10,13H,4-5,8,11-12H2,1-3H3,(H,18,23). The van der Waals surface area contributed by atoms with Crippen molar-refractivity contribution < 1.29 is 4.79 Å². The van der Waals surface area contributed by atoms with E-state index in [-0.39, 0.29) is 5.91 Å². The van der Waals surface area contributed by atoms with Gasteiger partial charge in [-0.25, -0.2) is 0 Å². The van der Waals surface area contributed by atoms with Crippen LogP contribution in [0.5, 0.6) is 0 Å². The number of amides is 1. The Morgan fingerprint density at radius 2 is 2.00 bits per heavy atom. The molecule has 0 saturated heterocycles. The van der Waals surface area contributed by atoms with Gasteiger partial charge in [0.25, 0.3) is 0 Å². The van der Waals surface area contributed by atoms with E-state index < -0.39 is 0 Å². The quantitative estimate of drug-likeness (QED) is 0.760. The van der Waals surface area contributed by atoms with Crippen molar-refractivity contribution in [2.24, 2.45) is 7.05 Å². The fourth-order valence-electron chi connectivity index (χ4n) is 2.39. The molecule has 0 aliphatic rings. The van der Waals surface area contributed by atoms with Crippen molar-refractivity contribution in [3.8, 4) is 11.3 Å². The fourth-order valence-corrected chi connectivity index (χ4v) is 2.39. The molecule has 2 rings (SSSR count). The number of para-hydroxylation sites is 1. The molecule has 124 valence electrons. The summed E-state index contributed by atoms with van der Waals surface area (Å²) in [4.78, 5) is 14.3. The van der Waals surface area contributed by atoms with Gasteiger partial charge in [-0.3, -0.25) is 9.48 Å². The molecule has 1 aromatic heterocycles. The Hall–Kier alpha value is -2.21. The summed E-state index contributed by atoms with van der Waals surface area (Å²) in [5, 5.41) is 11.1. The normalized spacial score (nSPS) is 11.0. The molecule has 0 bridgehead atoms. The zero-order valence-corrected chi connectivity index (χ0v) is 14.1. The number of rotatable bonds is 8. The van der Waals surface area contributed by atoms with Crippen LogP contribution in [0.2, 0.25) is 0 Å². The number of aromatic nitrogens is 3. The SMILES string of the molecule is CN(C)CCCCCC(=O)Nc1ccccc1-c1cn(C)nn1. The Balaban J connectivity index is 1.89. The molecule has 1 amide bonds. The second kappa shape index (κ2) is 8.43. The lowest BCUT2D eigenvalue weighted by molar-refractivity contribution is -0.116. The number of carbonyl (C=O) groups excluding carboxylic acids is 1. The van der Waals surface area contributed by atoms with Gasteiger partial charge in [0, 0.05) is 19.0 Å². The third-order valence-corrected chi connectivity index (χ3v) is 3.59. The Morgan fingerprint density at radius 1 is 1.22 bits per heavy atom. The molecule has 6 heteroatoms. The largest absolute Gasteiger partial charge is 0.325 e. The average molecular weight is 315 g/mol. The summed E-state index contributed by atoms with van der Waals surface area (Å²) in [6.45, 7) is 1.07. The monoisotopic (exact) mass is 315 g/mol. The highest BCUT2D eigenvalue weighted by Gasteiger charge is 2.10. The number of nitrogens with one attached hydrogen (secondary N) is 1. The van der Waals surface area contributed by atoms with E-state index in [1.54, 1.807) is 4.68 Å². The molecule has 23 heavy (non-hydrogen) atoms. The van der Waals surface area contributed by atoms with Crippen molar-refractivity contribution in [3.05, 3.63) is 30.5 Å². The minimum atomic E-state index is 0.0474. The molecule has 0 unspecified atom stereocenters. The molecule has 0 aliphatic carbocycles. The number of unbranched alkanes of at least 4 members (excludes halogenated alkanes) is 2. The zero-order chi connectivity index (χ0) is 16.7. The van der Waals surface area contributed by atoms with Gasteiger partial charge in [0.1, 0.15) is 5.69 Å². The first-order valence-corrected chi connectivity index (χ1v) is 7.96. The predicted molar refractivity (Wildman–Crippen MR) is 92.1 cm³/mol. The maximum Gasteiger partial charge on any atom is 0.224 e. The molecule has 0 aliphatic heterocycles. The van der Waals surface area contributed by atoms with E-state index in [2.05, 4.69) is 34.6 Å². The number of hydrogen-bond acceptors (Lipinski definition) is 4. The smallest absolute Gasteiger partial charge is 0.224 e. The first-order valence-electron chi connectivity index (χ1n) is 7.96. The van der Waals surface area contributed by atoms with E-state index >= 15 is 0 Å². The van der Waals surface area contributed by atoms with E-state index in [0.717, 1.165) is 42.8 Å². The number of aryl methyl sites for hydroxylation is 1. The molecule has 0 atom stereocenters. The second-order valence-corrected chi connectivity index (χ2v) is 5.99. The van der Waals surface area contributed by atoms with E-state index in [0.29, 0.717) is 6.42 Å². The van der Waals surface area contributed by atoms with Gasteiger partial charge in [0.2, 0.25) is 5.91 Å². The Morgan fingerprint density at radius 3 is 2.70 bits per heavy atom. The van der Waals surface area contributed by atoms with Crippen molar-refractivity contribution in [1.82, 2.24) is 19.9 Å². The van der Waals surface area contributed by atoms with Gasteiger partial charge in [0.15, 0.2) is 0 Å². The highest BCUT2D eigenvalue weighted by Crippen LogP contribution is 2.25. The molecular formula is C17H25N5O. The van der Waals surface area contributed by atoms with Crippen LogP contribution >= 0.6 is 0 Å². The predicted octanol–water partition coefficient (Wildman–Crippen LogP) is 2.54. The van der Waals surface area contributed by atoms with E-state index in [4.69, 9.17) is 0 Å². The van der Waals surface area contributed by atoms with Gasteiger partial charge in [0.05, 0.1) is 11.9 Å². The van der Waals surface area contributed by atoms with Crippen LogP contribution in [0.1, 0.15) is 25.7 Å². The molecule has 1 aromatic carbocycles. The molecule has 1 N–H and O–H groups in total. The van der Waals surface area contributed by atoms with E-state index in [1.165, 1.54) is 0 Å². The van der Waals surface area contributed by atoms with Crippen molar-refractivity contribution in [1.29, 1.82) is 0 Å². The van der Waals surface area contributed by atoms with Crippen LogP contribution in [0.4, 0.5) is 5.69 Å². The van der Waals surface area contributed by atoms with Gasteiger partial charge in [-0.05, 0) is 39.5 Å². The molecule has 0 saturated carbocycles. The number of carbonyl (C=O) groups is 1. The van der Waals surface area contributed by atoms with Gasteiger partial charge in [-0.2, -0.15) is 0 Å². The van der Waals surface area contributed by atoms with Gasteiger partial charge >= 0.3 is 0 Å². The lowest BCUT2D eigenvalue weighted by Crippen LogP contribution is -2.14. The third kappa shape index (κ3) is 5.49. The maximum atomic E-state index is 12.1. The molecule has 0 radical (unpaired) electrons. The molecule has 0 spiro atoms. The molecule has 2 aromatic rings. The Labute approximate surface area is 137 Å². The van der Waals surface area contributed by atoms with E-state index in [9.17, 15) is 4.79 Å². The molecule has 1 heterocycles. The van der Waals surface area contributed by atoms with Crippen LogP contribution in [-0.2, 0) is 11.8 Å². The van der Waals surface area contributed by atoms with Crippen molar-refractivity contribution in [2.45, 2.75) is 25.7 Å². The van der Waals surface area contributed by atoms with Crippen LogP contribution < -0.4 is 5.32 Å². The highest BCUT2D eigenvalue weighted by molar-refractivity contribution is 5.94. The lowest BCUT2D eigenvalue weighted by atomic mass is 10.1. The molecule has 6 nitrogen and oxygen atoms in total. The number of anilines is 1. The lowest BCUT2D eigenvalue weighted by Gasteiger charge is -2.10. The van der Waals surface area contributed by atoms with Crippen LogP contribution in [0, 0.1) is 0 Å². The van der Waals surface area contributed by atoms with Crippen LogP contribution in [0.3, 0.4) is 0 Å². The summed E-state index contributed by atoms with van der Waals surface area (Å²) >= 11 is 0. The highest BCUT2D eigenvalue weighted by atomic mass is 16.1. The third-order valence-electron chi connectivity index (χ3n) is 3.59. The summed E-state index contributed by atoms with van der Waals surface area (Å²) in [6.07, 6.45) is 5.48. The van der Waals surface area contributed by atoms with Crippen LogP contribution in [-0.4, -0.2) is 46.4 Å². The fraction of sp³-hybridized carbons (Fsp3) is 0.471. The minimum Gasteiger partial charge on any atom is -0.325 e. The van der Waals surface area contributed by atoms with E-state index in [1.807, 2.05) is 37.5 Å². The van der Waals surface area contributed by atoms with Gasteiger partial charge in [-0.15, -0.1) is 5.10 Å². The number of nitrogens with zero attached hydrogens (tertiary/aromatic N) is 4.